The first-order valence-electron chi connectivity index (χ1n) is 25.1. The molecule has 2 fully saturated rings. The Morgan fingerprint density at radius 2 is 0.982 bits per heavy atom. The molecule has 0 bridgehead atoms. The van der Waals surface area contributed by atoms with Crippen molar-refractivity contribution in [1.82, 2.24) is 5.32 Å². The predicted molar refractivity (Wildman–Crippen MR) is 237 cm³/mol. The summed E-state index contributed by atoms with van der Waals surface area (Å²) in [5, 5.41) is 4.05. The summed E-state index contributed by atoms with van der Waals surface area (Å²) < 4.78 is 17.2. The van der Waals surface area contributed by atoms with Gasteiger partial charge in [-0.25, -0.2) is 0 Å². The van der Waals surface area contributed by atoms with Crippen molar-refractivity contribution < 1.29 is 23.8 Å². The van der Waals surface area contributed by atoms with Gasteiger partial charge < -0.3 is 19.5 Å². The molecule has 2 atom stereocenters. The number of hydrogen-bond donors (Lipinski definition) is 1. The van der Waals surface area contributed by atoms with Crippen LogP contribution in [0.5, 0.6) is 0 Å². The summed E-state index contributed by atoms with van der Waals surface area (Å²) in [5.41, 5.74) is 0.500. The van der Waals surface area contributed by atoms with E-state index in [2.05, 4.69) is 33.0 Å². The van der Waals surface area contributed by atoms with Crippen LogP contribution in [-0.4, -0.2) is 49.9 Å². The van der Waals surface area contributed by atoms with E-state index in [1.54, 1.807) is 0 Å². The second-order valence-electron chi connectivity index (χ2n) is 18.8. The number of carbonyl (C=O) groups excluding carboxylic acids is 2. The van der Waals surface area contributed by atoms with E-state index in [0.29, 0.717) is 42.9 Å². The van der Waals surface area contributed by atoms with Gasteiger partial charge in [-0.1, -0.05) is 175 Å². The van der Waals surface area contributed by atoms with Gasteiger partial charge in [-0.2, -0.15) is 0 Å². The molecule has 1 heterocycles. The van der Waals surface area contributed by atoms with Crippen molar-refractivity contribution in [1.29, 1.82) is 0 Å². The minimum absolute atomic E-state index is 0.00578. The lowest BCUT2D eigenvalue weighted by Crippen LogP contribution is -2.60. The molecular formula is C50H95NO5. The highest BCUT2D eigenvalue weighted by atomic mass is 16.5. The Morgan fingerprint density at radius 3 is 1.48 bits per heavy atom. The second kappa shape index (κ2) is 34.7. The van der Waals surface area contributed by atoms with Crippen LogP contribution < -0.4 is 5.32 Å². The fourth-order valence-corrected chi connectivity index (χ4v) is 9.08. The number of ether oxygens (including phenoxy) is 3. The molecule has 6 nitrogen and oxygen atoms in total. The van der Waals surface area contributed by atoms with Crippen molar-refractivity contribution in [2.24, 2.45) is 11.3 Å². The molecule has 0 amide bonds. The molecule has 1 saturated heterocycles. The normalized spacial score (nSPS) is 16.2. The third kappa shape index (κ3) is 26.8. The molecule has 1 saturated carbocycles. The standard InChI is InChI=1S/C50H95NO5/c1-5-8-11-14-20-27-34-47(35-28-21-15-12-9-6-2)56-49(53)37-30-23-17-19-26-33-45(51-46-40-50(41-46)42-54-43-50)32-25-18-16-22-29-36-48(52)55-39-38-44(4)31-24-13-10-7-3/h44-47,51H,5-43H2,1-4H3. The van der Waals surface area contributed by atoms with Crippen LogP contribution in [0.15, 0.2) is 0 Å². The van der Waals surface area contributed by atoms with Gasteiger partial charge in [-0.05, 0) is 76.5 Å². The minimum Gasteiger partial charge on any atom is -0.466 e. The third-order valence-corrected chi connectivity index (χ3v) is 13.0. The smallest absolute Gasteiger partial charge is 0.306 e. The molecular weight excluding hydrogens is 695 g/mol. The molecule has 0 aromatic rings. The Labute approximate surface area is 348 Å². The molecule has 56 heavy (non-hydrogen) atoms. The van der Waals surface area contributed by atoms with Crippen LogP contribution >= 0.6 is 0 Å². The predicted octanol–water partition coefficient (Wildman–Crippen LogP) is 14.5. The Morgan fingerprint density at radius 1 is 0.554 bits per heavy atom. The molecule has 6 heteroatoms. The summed E-state index contributed by atoms with van der Waals surface area (Å²) in [6.45, 7) is 11.6. The SMILES string of the molecule is CCCCCCCCC(CCCCCCCC)OC(=O)CCCCCCCC(CCCCCCCC(=O)OCCC(C)CCCCCC)NC1CC2(COC2)C1. The van der Waals surface area contributed by atoms with Crippen LogP contribution in [0, 0.1) is 11.3 Å². The zero-order valence-electron chi connectivity index (χ0n) is 37.9. The average Bonchev–Trinajstić information content (AvgIpc) is 3.15. The quantitative estimate of drug-likeness (QED) is 0.0491. The summed E-state index contributed by atoms with van der Waals surface area (Å²) in [6.07, 6.45) is 43.1. The first-order valence-corrected chi connectivity index (χ1v) is 25.1. The maximum Gasteiger partial charge on any atom is 0.306 e. The lowest BCUT2D eigenvalue weighted by molar-refractivity contribution is -0.168. The van der Waals surface area contributed by atoms with Gasteiger partial charge in [0.15, 0.2) is 0 Å². The summed E-state index contributed by atoms with van der Waals surface area (Å²) in [7, 11) is 0. The van der Waals surface area contributed by atoms with E-state index in [1.165, 1.54) is 173 Å². The zero-order valence-corrected chi connectivity index (χ0v) is 37.9. The van der Waals surface area contributed by atoms with E-state index < -0.39 is 0 Å². The first kappa shape index (κ1) is 51.0. The Balaban J connectivity index is 1.57. The third-order valence-electron chi connectivity index (χ3n) is 13.0. The summed E-state index contributed by atoms with van der Waals surface area (Å²) in [6, 6.07) is 1.27. The number of esters is 2. The topological polar surface area (TPSA) is 73.9 Å². The summed E-state index contributed by atoms with van der Waals surface area (Å²) in [5.74, 6) is 0.684. The molecule has 1 aliphatic carbocycles. The Kier molecular flexibility index (Phi) is 31.6. The van der Waals surface area contributed by atoms with Crippen molar-refractivity contribution in [3.05, 3.63) is 0 Å². The molecule has 1 aliphatic heterocycles. The van der Waals surface area contributed by atoms with Crippen LogP contribution in [0.2, 0.25) is 0 Å². The van der Waals surface area contributed by atoms with Crippen LogP contribution in [0.1, 0.15) is 259 Å². The van der Waals surface area contributed by atoms with Gasteiger partial charge in [0.1, 0.15) is 6.10 Å². The van der Waals surface area contributed by atoms with Crippen molar-refractivity contribution in [2.45, 2.75) is 277 Å². The van der Waals surface area contributed by atoms with Crippen LogP contribution in [0.4, 0.5) is 0 Å². The second-order valence-corrected chi connectivity index (χ2v) is 18.8. The molecule has 2 aliphatic rings. The molecule has 2 rings (SSSR count). The number of carbonyl (C=O) groups is 2. The van der Waals surface area contributed by atoms with Crippen LogP contribution in [-0.2, 0) is 23.8 Å². The largest absolute Gasteiger partial charge is 0.466 e. The lowest BCUT2D eigenvalue weighted by Gasteiger charge is -2.54. The number of hydrogen-bond acceptors (Lipinski definition) is 6. The highest BCUT2D eigenvalue weighted by Crippen LogP contribution is 2.47. The number of rotatable bonds is 41. The lowest BCUT2D eigenvalue weighted by atomic mass is 9.64. The molecule has 330 valence electrons. The maximum atomic E-state index is 12.8. The maximum absolute atomic E-state index is 12.8. The van der Waals surface area contributed by atoms with Gasteiger partial charge in [0.2, 0.25) is 0 Å². The van der Waals surface area contributed by atoms with E-state index in [9.17, 15) is 9.59 Å². The van der Waals surface area contributed by atoms with Gasteiger partial charge in [0, 0.05) is 30.3 Å². The number of nitrogens with one attached hydrogen (secondary N) is 1. The van der Waals surface area contributed by atoms with E-state index in [4.69, 9.17) is 14.2 Å². The fraction of sp³-hybridized carbons (Fsp3) is 0.960. The molecule has 0 aromatic carbocycles. The van der Waals surface area contributed by atoms with E-state index in [-0.39, 0.29) is 18.0 Å². The highest BCUT2D eigenvalue weighted by Gasteiger charge is 2.49. The number of unbranched alkanes of at least 4 members (excludes halogenated alkanes) is 21. The average molecular weight is 790 g/mol. The Hall–Kier alpha value is -1.14. The summed E-state index contributed by atoms with van der Waals surface area (Å²) >= 11 is 0. The molecule has 2 unspecified atom stereocenters. The molecule has 1 N–H and O–H groups in total. The molecule has 1 spiro atoms. The van der Waals surface area contributed by atoms with E-state index >= 15 is 0 Å². The molecule has 0 radical (unpaired) electrons. The zero-order chi connectivity index (χ0) is 40.4. The van der Waals surface area contributed by atoms with Gasteiger partial charge in [-0.15, -0.1) is 0 Å². The molecule has 0 aromatic heterocycles. The van der Waals surface area contributed by atoms with E-state index in [0.717, 1.165) is 58.2 Å². The Bertz CT molecular complexity index is 897. The van der Waals surface area contributed by atoms with E-state index in [1.807, 2.05) is 0 Å². The fourth-order valence-electron chi connectivity index (χ4n) is 9.08. The van der Waals surface area contributed by atoms with Crippen molar-refractivity contribution >= 4 is 11.9 Å². The van der Waals surface area contributed by atoms with Crippen LogP contribution in [0.3, 0.4) is 0 Å². The van der Waals surface area contributed by atoms with Crippen LogP contribution in [0.25, 0.3) is 0 Å². The van der Waals surface area contributed by atoms with Crippen molar-refractivity contribution in [3.8, 4) is 0 Å². The highest BCUT2D eigenvalue weighted by molar-refractivity contribution is 5.69. The van der Waals surface area contributed by atoms with Gasteiger partial charge in [-0.3, -0.25) is 9.59 Å². The van der Waals surface area contributed by atoms with Gasteiger partial charge >= 0.3 is 11.9 Å². The monoisotopic (exact) mass is 790 g/mol. The minimum atomic E-state index is -0.00578. The van der Waals surface area contributed by atoms with Crippen molar-refractivity contribution in [2.75, 3.05) is 19.8 Å². The first-order chi connectivity index (χ1) is 27.4. The summed E-state index contributed by atoms with van der Waals surface area (Å²) in [4.78, 5) is 25.1. The van der Waals surface area contributed by atoms with Crippen molar-refractivity contribution in [3.63, 3.8) is 0 Å². The van der Waals surface area contributed by atoms with Gasteiger partial charge in [0.05, 0.1) is 19.8 Å². The van der Waals surface area contributed by atoms with Gasteiger partial charge in [0.25, 0.3) is 0 Å².